The molecule has 9 heteroatoms. The summed E-state index contributed by atoms with van der Waals surface area (Å²) in [4.78, 5) is 9.29. The van der Waals surface area contributed by atoms with Crippen LogP contribution in [0.2, 0.25) is 0 Å². The van der Waals surface area contributed by atoms with Crippen molar-refractivity contribution in [2.45, 2.75) is 51.2 Å². The monoisotopic (exact) mass is 493 g/mol. The second-order valence-electron chi connectivity index (χ2n) is 9.39. The first-order valence-electron chi connectivity index (χ1n) is 12.2. The molecule has 0 aliphatic heterocycles. The molecule has 1 atom stereocenters. The Morgan fingerprint density at radius 3 is 2.72 bits per heavy atom. The number of nitrogens with zero attached hydrogens (tertiary/aromatic N) is 4. The van der Waals surface area contributed by atoms with Crippen LogP contribution in [0, 0.1) is 5.92 Å². The van der Waals surface area contributed by atoms with Crippen LogP contribution in [0.5, 0.6) is 5.75 Å². The van der Waals surface area contributed by atoms with Gasteiger partial charge in [0.05, 0.1) is 47.4 Å². The molecule has 0 saturated heterocycles. The van der Waals surface area contributed by atoms with Crippen LogP contribution in [0.3, 0.4) is 0 Å². The Bertz CT molecular complexity index is 1370. The van der Waals surface area contributed by atoms with Gasteiger partial charge in [0, 0.05) is 30.4 Å². The van der Waals surface area contributed by atoms with Gasteiger partial charge in [0.25, 0.3) is 0 Å². The number of ether oxygens (including phenoxy) is 1. The molecule has 5 rings (SSSR count). The number of hydrogen-bond acceptors (Lipinski definition) is 6. The Kier molecular flexibility index (Phi) is 6.68. The van der Waals surface area contributed by atoms with Gasteiger partial charge in [-0.15, -0.1) is 0 Å². The van der Waals surface area contributed by atoms with Crippen molar-refractivity contribution in [3.63, 3.8) is 0 Å². The molecule has 3 aromatic heterocycles. The second-order valence-corrected chi connectivity index (χ2v) is 9.39. The number of pyridine rings is 2. The van der Waals surface area contributed by atoms with E-state index in [-0.39, 0.29) is 38.0 Å². The third kappa shape index (κ3) is 4.94. The van der Waals surface area contributed by atoms with Crippen molar-refractivity contribution in [1.29, 1.82) is 0 Å². The molecule has 3 heterocycles. The van der Waals surface area contributed by atoms with E-state index in [1.165, 1.54) is 0 Å². The molecule has 0 bridgehead atoms. The van der Waals surface area contributed by atoms with Gasteiger partial charge >= 0.3 is 0 Å². The van der Waals surface area contributed by atoms with Gasteiger partial charge < -0.3 is 15.6 Å². The Labute approximate surface area is 207 Å². The fourth-order valence-electron chi connectivity index (χ4n) is 4.61. The second kappa shape index (κ2) is 9.91. The van der Waals surface area contributed by atoms with Crippen molar-refractivity contribution in [2.24, 2.45) is 11.7 Å². The molecule has 36 heavy (non-hydrogen) atoms. The Morgan fingerprint density at radius 1 is 1.17 bits per heavy atom. The molecule has 1 saturated carbocycles. The van der Waals surface area contributed by atoms with Crippen molar-refractivity contribution < 1.29 is 18.6 Å². The number of aliphatic hydroxyl groups excluding tert-OH is 1. The lowest BCUT2D eigenvalue weighted by Gasteiger charge is -2.34. The number of aliphatic hydroxyl groups is 1. The van der Waals surface area contributed by atoms with Crippen LogP contribution < -0.4 is 10.5 Å². The van der Waals surface area contributed by atoms with E-state index in [0.29, 0.717) is 17.3 Å². The SMILES string of the molecule is CCC[C@H](N)c1cccc(-c2cc(OCC3CC(F)(F)C3)c3cnn(-c4cccc(CO)n4)c3c2)n1. The van der Waals surface area contributed by atoms with Gasteiger partial charge in [-0.25, -0.2) is 18.4 Å². The first-order chi connectivity index (χ1) is 17.4. The smallest absolute Gasteiger partial charge is 0.248 e. The van der Waals surface area contributed by atoms with Crippen molar-refractivity contribution in [2.75, 3.05) is 6.61 Å². The summed E-state index contributed by atoms with van der Waals surface area (Å²) in [5.41, 5.74) is 9.90. The van der Waals surface area contributed by atoms with Crippen molar-refractivity contribution >= 4 is 10.9 Å². The predicted octanol–water partition coefficient (Wildman–Crippen LogP) is 5.20. The minimum Gasteiger partial charge on any atom is -0.493 e. The first kappa shape index (κ1) is 24.3. The molecular weight excluding hydrogens is 464 g/mol. The molecule has 1 aromatic carbocycles. The van der Waals surface area contributed by atoms with Crippen LogP contribution in [0.4, 0.5) is 8.78 Å². The lowest BCUT2D eigenvalue weighted by Crippen LogP contribution is -2.38. The molecule has 0 spiro atoms. The summed E-state index contributed by atoms with van der Waals surface area (Å²) >= 11 is 0. The zero-order chi connectivity index (χ0) is 25.3. The number of hydrogen-bond donors (Lipinski definition) is 2. The average molecular weight is 494 g/mol. The van der Waals surface area contributed by atoms with Crippen LogP contribution >= 0.6 is 0 Å². The maximum atomic E-state index is 13.4. The molecule has 1 aliphatic carbocycles. The molecular formula is C27H29F2N5O2. The molecule has 0 amide bonds. The zero-order valence-corrected chi connectivity index (χ0v) is 20.1. The van der Waals surface area contributed by atoms with E-state index in [2.05, 4.69) is 17.0 Å². The molecule has 1 fully saturated rings. The van der Waals surface area contributed by atoms with Crippen LogP contribution in [0.25, 0.3) is 28.0 Å². The van der Waals surface area contributed by atoms with E-state index in [1.807, 2.05) is 30.3 Å². The van der Waals surface area contributed by atoms with E-state index in [0.717, 1.165) is 40.7 Å². The molecule has 0 radical (unpaired) electrons. The summed E-state index contributed by atoms with van der Waals surface area (Å²) < 4.78 is 34.5. The normalized spacial score (nSPS) is 16.1. The summed E-state index contributed by atoms with van der Waals surface area (Å²) in [5, 5.41) is 14.8. The van der Waals surface area contributed by atoms with Gasteiger partial charge in [0.1, 0.15) is 5.75 Å². The Balaban J connectivity index is 1.57. The van der Waals surface area contributed by atoms with Crippen molar-refractivity contribution in [3.8, 4) is 22.8 Å². The number of halogens is 2. The maximum Gasteiger partial charge on any atom is 0.248 e. The van der Waals surface area contributed by atoms with Gasteiger partial charge in [-0.3, -0.25) is 4.98 Å². The maximum absolute atomic E-state index is 13.4. The quantitative estimate of drug-likeness (QED) is 0.333. The Morgan fingerprint density at radius 2 is 1.97 bits per heavy atom. The first-order valence-corrected chi connectivity index (χ1v) is 12.2. The van der Waals surface area contributed by atoms with Crippen LogP contribution in [-0.2, 0) is 6.61 Å². The van der Waals surface area contributed by atoms with E-state index in [1.54, 1.807) is 29.1 Å². The van der Waals surface area contributed by atoms with Gasteiger partial charge in [-0.2, -0.15) is 5.10 Å². The van der Waals surface area contributed by atoms with E-state index < -0.39 is 5.92 Å². The van der Waals surface area contributed by atoms with Crippen LogP contribution in [-0.4, -0.2) is 37.4 Å². The van der Waals surface area contributed by atoms with E-state index in [4.69, 9.17) is 15.5 Å². The van der Waals surface area contributed by atoms with E-state index in [9.17, 15) is 13.9 Å². The number of aromatic nitrogens is 4. The largest absolute Gasteiger partial charge is 0.493 e. The van der Waals surface area contributed by atoms with Crippen LogP contribution in [0.15, 0.2) is 54.7 Å². The molecule has 3 N–H and O–H groups in total. The van der Waals surface area contributed by atoms with Gasteiger partial charge in [-0.05, 0) is 42.8 Å². The summed E-state index contributed by atoms with van der Waals surface area (Å²) in [7, 11) is 0. The average Bonchev–Trinajstić information content (AvgIpc) is 3.30. The highest BCUT2D eigenvalue weighted by Crippen LogP contribution is 2.43. The van der Waals surface area contributed by atoms with Gasteiger partial charge in [0.2, 0.25) is 5.92 Å². The summed E-state index contributed by atoms with van der Waals surface area (Å²) in [5.74, 6) is -1.69. The highest BCUT2D eigenvalue weighted by atomic mass is 19.3. The zero-order valence-electron chi connectivity index (χ0n) is 20.1. The highest BCUT2D eigenvalue weighted by molar-refractivity contribution is 5.90. The number of nitrogens with two attached hydrogens (primary N) is 1. The number of benzene rings is 1. The third-order valence-electron chi connectivity index (χ3n) is 6.52. The lowest BCUT2D eigenvalue weighted by molar-refractivity contribution is -0.118. The number of alkyl halides is 2. The highest BCUT2D eigenvalue weighted by Gasteiger charge is 2.45. The predicted molar refractivity (Wildman–Crippen MR) is 133 cm³/mol. The topological polar surface area (TPSA) is 99.1 Å². The van der Waals surface area contributed by atoms with Gasteiger partial charge in [-0.1, -0.05) is 25.5 Å². The minimum absolute atomic E-state index is 0.161. The molecule has 1 aliphatic rings. The standard InChI is InChI=1S/C27H29F2N5O2/c1-2-5-21(30)23-8-4-7-22(33-23)18-10-24-20(25(11-18)36-16-17-12-27(28,29)13-17)14-31-34(24)26-9-3-6-19(15-35)32-26/h3-4,6-11,14,17,21,35H,2,5,12-13,15-16,30H2,1H3/t21-/m0/s1. The molecule has 0 unspecified atom stereocenters. The summed E-state index contributed by atoms with van der Waals surface area (Å²) in [6, 6.07) is 14.8. The fraction of sp³-hybridized carbons (Fsp3) is 0.370. The molecule has 4 aromatic rings. The lowest BCUT2D eigenvalue weighted by atomic mass is 9.82. The number of fused-ring (bicyclic) bond motifs is 1. The Hall–Kier alpha value is -3.43. The van der Waals surface area contributed by atoms with Gasteiger partial charge in [0.15, 0.2) is 5.82 Å². The van der Waals surface area contributed by atoms with E-state index >= 15 is 0 Å². The third-order valence-corrected chi connectivity index (χ3v) is 6.52. The molecule has 188 valence electrons. The van der Waals surface area contributed by atoms with Crippen molar-refractivity contribution in [3.05, 3.63) is 66.1 Å². The minimum atomic E-state index is -2.60. The summed E-state index contributed by atoms with van der Waals surface area (Å²) in [6.07, 6.45) is 3.14. The number of rotatable bonds is 9. The molecule has 7 nitrogen and oxygen atoms in total. The fourth-order valence-corrected chi connectivity index (χ4v) is 4.61. The van der Waals surface area contributed by atoms with Crippen molar-refractivity contribution in [1.82, 2.24) is 19.7 Å². The van der Waals surface area contributed by atoms with Crippen LogP contribution in [0.1, 0.15) is 50.0 Å². The summed E-state index contributed by atoms with van der Waals surface area (Å²) in [6.45, 7) is 2.10.